The number of ether oxygens (including phenoxy) is 2. The number of rotatable bonds is 9. The van der Waals surface area contributed by atoms with Gasteiger partial charge < -0.3 is 25.1 Å². The van der Waals surface area contributed by atoms with Gasteiger partial charge in [0.05, 0.1) is 20.3 Å². The summed E-state index contributed by atoms with van der Waals surface area (Å²) in [5, 5.41) is 7.21. The van der Waals surface area contributed by atoms with E-state index >= 15 is 0 Å². The minimum absolute atomic E-state index is 0.0767. The van der Waals surface area contributed by atoms with Crippen molar-refractivity contribution in [1.82, 2.24) is 15.6 Å². The van der Waals surface area contributed by atoms with Crippen LogP contribution in [0.3, 0.4) is 0 Å². The highest BCUT2D eigenvalue weighted by molar-refractivity contribution is 5.96. The minimum Gasteiger partial charge on any atom is -0.493 e. The third-order valence-corrected chi connectivity index (χ3v) is 7.25. The predicted molar refractivity (Wildman–Crippen MR) is 153 cm³/mol. The van der Waals surface area contributed by atoms with Crippen LogP contribution < -0.4 is 20.1 Å². The molecule has 2 atom stereocenters. The first kappa shape index (κ1) is 26.1. The zero-order valence-electron chi connectivity index (χ0n) is 22.2. The molecule has 2 amide bonds. The van der Waals surface area contributed by atoms with E-state index in [1.807, 2.05) is 48.7 Å². The number of H-pyrrole nitrogens is 1. The van der Waals surface area contributed by atoms with Gasteiger partial charge in [0.25, 0.3) is 0 Å². The minimum atomic E-state index is -0.749. The standard InChI is InChI=1S/C32H33N3O4/c1-38-29-16-14-21(18-30(29)39-2)15-17-31(36)34-28(19-23-20-33-26-12-6-5-11-25(23)26)32(37)35-27-13-7-9-22-8-3-4-10-24(22)27/h3-6,8,10-12,14-18,20,27-28,33H,7,9,13,19H2,1-2H3,(H,34,36)(H,35,37)/t27?,28-/m0/s1. The van der Waals surface area contributed by atoms with Crippen LogP contribution in [-0.2, 0) is 22.4 Å². The molecule has 200 valence electrons. The van der Waals surface area contributed by atoms with Gasteiger partial charge in [0, 0.05) is 29.6 Å². The maximum absolute atomic E-state index is 13.7. The van der Waals surface area contributed by atoms with Gasteiger partial charge in [-0.1, -0.05) is 48.5 Å². The molecule has 3 aromatic carbocycles. The molecule has 0 radical (unpaired) electrons. The molecular weight excluding hydrogens is 490 g/mol. The van der Waals surface area contributed by atoms with Crippen LogP contribution in [0.2, 0.25) is 0 Å². The van der Waals surface area contributed by atoms with E-state index in [4.69, 9.17) is 9.47 Å². The van der Waals surface area contributed by atoms with Crippen LogP contribution in [0.5, 0.6) is 11.5 Å². The lowest BCUT2D eigenvalue weighted by Gasteiger charge is -2.28. The van der Waals surface area contributed by atoms with Crippen molar-refractivity contribution in [3.05, 3.63) is 101 Å². The SMILES string of the molecule is COc1ccc(C=CC(=O)N[C@@H](Cc2c[nH]c3ccccc23)C(=O)NC2CCCc3ccccc32)cc1OC. The summed E-state index contributed by atoms with van der Waals surface area (Å²) in [5.41, 5.74) is 5.16. The van der Waals surface area contributed by atoms with Crippen LogP contribution in [-0.4, -0.2) is 37.1 Å². The number of carbonyl (C=O) groups excluding carboxylic acids is 2. The molecule has 39 heavy (non-hydrogen) atoms. The molecule has 0 aliphatic heterocycles. The fourth-order valence-corrected chi connectivity index (χ4v) is 5.25. The van der Waals surface area contributed by atoms with Crippen LogP contribution in [0, 0.1) is 0 Å². The van der Waals surface area contributed by atoms with Gasteiger partial charge in [-0.2, -0.15) is 0 Å². The third kappa shape index (κ3) is 5.98. The molecule has 0 saturated carbocycles. The van der Waals surface area contributed by atoms with Crippen LogP contribution in [0.25, 0.3) is 17.0 Å². The quantitative estimate of drug-likeness (QED) is 0.266. The largest absolute Gasteiger partial charge is 0.493 e. The second-order valence-electron chi connectivity index (χ2n) is 9.72. The highest BCUT2D eigenvalue weighted by atomic mass is 16.5. The van der Waals surface area contributed by atoms with Crippen molar-refractivity contribution in [3.63, 3.8) is 0 Å². The third-order valence-electron chi connectivity index (χ3n) is 7.25. The number of hydrogen-bond acceptors (Lipinski definition) is 4. The Hall–Kier alpha value is -4.52. The average molecular weight is 524 g/mol. The molecule has 1 heterocycles. The number of hydrogen-bond donors (Lipinski definition) is 3. The van der Waals surface area contributed by atoms with E-state index in [2.05, 4.69) is 27.8 Å². The number of nitrogens with one attached hydrogen (secondary N) is 3. The molecule has 1 aliphatic carbocycles. The smallest absolute Gasteiger partial charge is 0.244 e. The fourth-order valence-electron chi connectivity index (χ4n) is 5.25. The average Bonchev–Trinajstić information content (AvgIpc) is 3.38. The van der Waals surface area contributed by atoms with E-state index in [-0.39, 0.29) is 17.9 Å². The molecule has 0 saturated heterocycles. The summed E-state index contributed by atoms with van der Waals surface area (Å²) < 4.78 is 10.6. The van der Waals surface area contributed by atoms with Gasteiger partial charge in [0.15, 0.2) is 11.5 Å². The van der Waals surface area contributed by atoms with Crippen LogP contribution in [0.4, 0.5) is 0 Å². The molecule has 1 aromatic heterocycles. The van der Waals surface area contributed by atoms with Crippen molar-refractivity contribution in [3.8, 4) is 11.5 Å². The number of amides is 2. The molecule has 0 bridgehead atoms. The van der Waals surface area contributed by atoms with E-state index in [1.165, 1.54) is 11.6 Å². The highest BCUT2D eigenvalue weighted by Crippen LogP contribution is 2.30. The van der Waals surface area contributed by atoms with Crippen molar-refractivity contribution < 1.29 is 19.1 Å². The second-order valence-corrected chi connectivity index (χ2v) is 9.72. The Balaban J connectivity index is 1.36. The van der Waals surface area contributed by atoms with E-state index in [1.54, 1.807) is 32.4 Å². The van der Waals surface area contributed by atoms with Crippen LogP contribution in [0.1, 0.15) is 41.1 Å². The summed E-state index contributed by atoms with van der Waals surface area (Å²) in [6.45, 7) is 0. The Morgan fingerprint density at radius 3 is 2.67 bits per heavy atom. The Kier molecular flexibility index (Phi) is 7.96. The number of para-hydroxylation sites is 1. The summed E-state index contributed by atoms with van der Waals surface area (Å²) in [4.78, 5) is 30.0. The lowest BCUT2D eigenvalue weighted by Crippen LogP contribution is -2.48. The van der Waals surface area contributed by atoms with Crippen molar-refractivity contribution in [2.75, 3.05) is 14.2 Å². The molecule has 1 aliphatic rings. The summed E-state index contributed by atoms with van der Waals surface area (Å²) in [6.07, 6.45) is 8.29. The molecular formula is C32H33N3O4. The summed E-state index contributed by atoms with van der Waals surface area (Å²) >= 11 is 0. The zero-order valence-corrected chi connectivity index (χ0v) is 22.2. The van der Waals surface area contributed by atoms with Gasteiger partial charge >= 0.3 is 0 Å². The normalized spacial score (nSPS) is 15.5. The summed E-state index contributed by atoms with van der Waals surface area (Å²) in [7, 11) is 3.14. The number of carbonyl (C=O) groups is 2. The van der Waals surface area contributed by atoms with E-state index in [0.717, 1.165) is 46.9 Å². The lowest BCUT2D eigenvalue weighted by atomic mass is 9.87. The number of aryl methyl sites for hydroxylation is 1. The molecule has 1 unspecified atom stereocenters. The molecule has 0 spiro atoms. The fraction of sp³-hybridized carbons (Fsp3) is 0.250. The number of benzene rings is 3. The Bertz CT molecular complexity index is 1510. The molecule has 5 rings (SSSR count). The molecule has 0 fully saturated rings. The topological polar surface area (TPSA) is 92.5 Å². The second kappa shape index (κ2) is 11.9. The Labute approximate surface area is 228 Å². The van der Waals surface area contributed by atoms with Gasteiger partial charge in [-0.05, 0) is 65.8 Å². The lowest BCUT2D eigenvalue weighted by molar-refractivity contribution is -0.127. The monoisotopic (exact) mass is 523 g/mol. The highest BCUT2D eigenvalue weighted by Gasteiger charge is 2.27. The van der Waals surface area contributed by atoms with Crippen molar-refractivity contribution in [1.29, 1.82) is 0 Å². The van der Waals surface area contributed by atoms with Gasteiger partial charge in [-0.3, -0.25) is 9.59 Å². The van der Waals surface area contributed by atoms with Gasteiger partial charge in [-0.25, -0.2) is 0 Å². The maximum atomic E-state index is 13.7. The number of fused-ring (bicyclic) bond motifs is 2. The predicted octanol–water partition coefficient (Wildman–Crippen LogP) is 5.12. The number of methoxy groups -OCH3 is 2. The molecule has 7 heteroatoms. The first-order chi connectivity index (χ1) is 19.1. The maximum Gasteiger partial charge on any atom is 0.244 e. The first-order valence-corrected chi connectivity index (χ1v) is 13.2. The van der Waals surface area contributed by atoms with Gasteiger partial charge in [0.2, 0.25) is 11.8 Å². The van der Waals surface area contributed by atoms with Crippen molar-refractivity contribution in [2.45, 2.75) is 37.8 Å². The number of aromatic nitrogens is 1. The zero-order chi connectivity index (χ0) is 27.2. The first-order valence-electron chi connectivity index (χ1n) is 13.2. The molecule has 3 N–H and O–H groups in total. The van der Waals surface area contributed by atoms with E-state index < -0.39 is 6.04 Å². The van der Waals surface area contributed by atoms with Crippen molar-refractivity contribution >= 4 is 28.8 Å². The van der Waals surface area contributed by atoms with Crippen LogP contribution in [0.15, 0.2) is 79.0 Å². The van der Waals surface area contributed by atoms with E-state index in [9.17, 15) is 9.59 Å². The Morgan fingerprint density at radius 2 is 1.82 bits per heavy atom. The summed E-state index contributed by atoms with van der Waals surface area (Å²) in [5.74, 6) is 0.631. The van der Waals surface area contributed by atoms with Gasteiger partial charge in [0.1, 0.15) is 6.04 Å². The van der Waals surface area contributed by atoms with Gasteiger partial charge in [-0.15, -0.1) is 0 Å². The summed E-state index contributed by atoms with van der Waals surface area (Å²) in [6, 6.07) is 20.8. The molecule has 4 aromatic rings. The van der Waals surface area contributed by atoms with E-state index in [0.29, 0.717) is 17.9 Å². The van der Waals surface area contributed by atoms with Crippen molar-refractivity contribution in [2.24, 2.45) is 0 Å². The van der Waals surface area contributed by atoms with Crippen LogP contribution >= 0.6 is 0 Å². The molecule has 7 nitrogen and oxygen atoms in total. The Morgan fingerprint density at radius 1 is 1.03 bits per heavy atom. The number of aromatic amines is 1.